The van der Waals surface area contributed by atoms with Gasteiger partial charge >= 0.3 is 0 Å². The van der Waals surface area contributed by atoms with E-state index in [1.165, 1.54) is 18.6 Å². The Kier molecular flexibility index (Phi) is 22.3. The van der Waals surface area contributed by atoms with E-state index in [0.717, 1.165) is 31.4 Å². The van der Waals surface area contributed by atoms with E-state index < -0.39 is 5.91 Å². The van der Waals surface area contributed by atoms with Gasteiger partial charge in [0.05, 0.1) is 25.5 Å². The zero-order valence-corrected chi connectivity index (χ0v) is 37.5. The average Bonchev–Trinajstić information content (AvgIpc) is 3.44. The molecule has 0 saturated carbocycles. The molecule has 3 aliphatic heterocycles. The van der Waals surface area contributed by atoms with Crippen molar-refractivity contribution in [2.45, 2.75) is 20.8 Å². The molecule has 0 aromatic rings. The van der Waals surface area contributed by atoms with E-state index in [2.05, 4.69) is 35.2 Å². The maximum Gasteiger partial charge on any atom is 0.128 e. The third kappa shape index (κ3) is 13.2. The van der Waals surface area contributed by atoms with Crippen LogP contribution in [0.25, 0.3) is 0 Å². The number of hydrogen-bond donors (Lipinski definition) is 1. The monoisotopic (exact) mass is 1320 g/mol. The van der Waals surface area contributed by atoms with E-state index in [4.69, 9.17) is 0 Å². The number of aliphatic imine (C=N–C) groups is 3. The predicted octanol–water partition coefficient (Wildman–Crippen LogP) is 0.165. The van der Waals surface area contributed by atoms with Crippen molar-refractivity contribution in [3.8, 4) is 0 Å². The van der Waals surface area contributed by atoms with Gasteiger partial charge in [-0.15, -0.1) is 11.5 Å². The van der Waals surface area contributed by atoms with Crippen molar-refractivity contribution in [1.82, 2.24) is 15.1 Å². The topological polar surface area (TPSA) is 138 Å². The molecule has 3 heterocycles. The molecule has 0 bridgehead atoms. The van der Waals surface area contributed by atoms with Crippen LogP contribution >= 0.6 is 0 Å². The van der Waals surface area contributed by atoms with E-state index in [-0.39, 0.29) is 46.8 Å². The summed E-state index contributed by atoms with van der Waals surface area (Å²) in [5.74, 6) is 1.93. The molecule has 33 heavy (non-hydrogen) atoms. The largest absolute Gasteiger partial charge is 0.527 e. The molecule has 0 spiro atoms. The summed E-state index contributed by atoms with van der Waals surface area (Å²) in [6.45, 7) is 12.0. The molecule has 0 aliphatic carbocycles. The zero-order valence-electron chi connectivity index (χ0n) is 19.3. The Bertz CT molecular complexity index is 684. The van der Waals surface area contributed by atoms with E-state index >= 15 is 0 Å². The van der Waals surface area contributed by atoms with Crippen molar-refractivity contribution >= 4 is 29.3 Å². The van der Waals surface area contributed by atoms with Crippen molar-refractivity contribution in [2.24, 2.45) is 20.3 Å². The smallest absolute Gasteiger partial charge is 0.128 e. The van der Waals surface area contributed by atoms with Crippen molar-refractivity contribution in [1.29, 1.82) is 0 Å². The molecule has 12 nitrogen and oxygen atoms in total. The Labute approximate surface area is 209 Å². The summed E-state index contributed by atoms with van der Waals surface area (Å²) >= 11 is 0. The molecule has 16 heteroatoms. The number of ether oxygens (including phenoxy) is 1. The number of amidine groups is 3. The molecule has 3 aliphatic rings. The van der Waals surface area contributed by atoms with Gasteiger partial charge < -0.3 is 34.3 Å². The summed E-state index contributed by atoms with van der Waals surface area (Å²) in [6.07, 6.45) is 0. The maximum absolute atomic E-state index is 11.1. The summed E-state index contributed by atoms with van der Waals surface area (Å²) < 4.78 is 4.59. The molecule has 2 radical (unpaired) electrons. The molecule has 0 fully saturated rings. The predicted molar refractivity (Wildman–Crippen MR) is 108 cm³/mol. The van der Waals surface area contributed by atoms with Gasteiger partial charge in [-0.25, -0.2) is 0 Å². The minimum atomic E-state index is -0.409. The zero-order chi connectivity index (χ0) is 21.6. The Hall–Kier alpha value is -3.83. The van der Waals surface area contributed by atoms with Gasteiger partial charge in [-0.2, -0.15) is 6.61 Å². The fourth-order valence-electron chi connectivity index (χ4n) is 2.47. The molecule has 0 unspecified atom stereocenters. The quantitative estimate of drug-likeness (QED) is 0.237. The molecular weight excluding hydrogens is 1290 g/mol. The van der Waals surface area contributed by atoms with Crippen LogP contribution in [0, 0.1) is 18.1 Å². The van der Waals surface area contributed by atoms with Crippen LogP contribution in [0.5, 0.6) is 0 Å². The van der Waals surface area contributed by atoms with Gasteiger partial charge in [0.2, 0.25) is 0 Å². The Morgan fingerprint density at radius 1 is 0.909 bits per heavy atom. The first-order valence-electron chi connectivity index (χ1n) is 8.98. The SMILES string of the molecule is CC1=NCCN1.CC1=NCCN1C(=O)[CH-]ON=O.CO[CH-]C(=O)N1CCN=C1C.[Re].[Re].[Rf].[Rf]. The molecule has 0 atom stereocenters. The summed E-state index contributed by atoms with van der Waals surface area (Å²) in [5, 5.41) is 5.15. The van der Waals surface area contributed by atoms with Crippen molar-refractivity contribution in [2.75, 3.05) is 46.4 Å². The van der Waals surface area contributed by atoms with Crippen LogP contribution < -0.4 is 5.32 Å². The van der Waals surface area contributed by atoms with Crippen LogP contribution in [0.1, 0.15) is 20.8 Å². The van der Waals surface area contributed by atoms with Gasteiger partial charge in [-0.1, -0.05) is 0 Å². The fraction of sp³-hybridized carbons (Fsp3) is 0.588. The fourth-order valence-corrected chi connectivity index (χ4v) is 2.47. The average molecular weight is 1320 g/mol. The Morgan fingerprint density at radius 3 is 1.67 bits per heavy atom. The normalized spacial score (nSPS) is 14.7. The molecule has 0 aromatic carbocycles. The number of rotatable bonds is 5. The molecule has 0 aromatic heterocycles. The molecule has 180 valence electrons. The molecule has 2 amide bonds. The number of methoxy groups -OCH3 is 1. The second kappa shape index (κ2) is 20.1. The third-order valence-corrected chi connectivity index (χ3v) is 3.90. The molecule has 3 rings (SSSR count). The van der Waals surface area contributed by atoms with E-state index in [0.29, 0.717) is 32.0 Å². The Morgan fingerprint density at radius 2 is 1.39 bits per heavy atom. The first-order chi connectivity index (χ1) is 13.9. The van der Waals surface area contributed by atoms with Crippen LogP contribution in [-0.4, -0.2) is 85.5 Å². The second-order valence-corrected chi connectivity index (χ2v) is 5.88. The van der Waals surface area contributed by atoms with E-state index in [9.17, 15) is 14.5 Å². The van der Waals surface area contributed by atoms with E-state index in [1.807, 2.05) is 13.8 Å². The van der Waals surface area contributed by atoms with Crippen LogP contribution in [0.3, 0.4) is 0 Å². The van der Waals surface area contributed by atoms with Crippen LogP contribution in [-0.2, 0) is 60.0 Å². The van der Waals surface area contributed by atoms with Crippen LogP contribution in [0.4, 0.5) is 0 Å². The van der Waals surface area contributed by atoms with Gasteiger partial charge in [0.25, 0.3) is 0 Å². The first kappa shape index (κ1) is 36.5. The standard InChI is InChI=1S/C7H11N2O2.C6H8N3O3.C4H8N2.2Re.2Rf/c1-6-8-3-4-9(6)7(10)5-11-2;1-5-7-2-3-9(5)6(10)4-12-8-11;1-4-5-2-3-6-4;;;;/h5H,3-4H2,1-2H3;4H,2-3H2,1H3;2-3H2,1H3,(H,5,6);;;;/q2*-1;;;;;. The first-order valence-corrected chi connectivity index (χ1v) is 8.98. The molecule has 0 saturated heterocycles. The summed E-state index contributed by atoms with van der Waals surface area (Å²) in [5.41, 5.74) is 0. The third-order valence-electron chi connectivity index (χ3n) is 3.90. The van der Waals surface area contributed by atoms with Gasteiger partial charge in [-0.05, 0) is 20.8 Å². The van der Waals surface area contributed by atoms with Crippen molar-refractivity contribution < 1.29 is 60.0 Å². The van der Waals surface area contributed by atoms with Gasteiger partial charge in [0.1, 0.15) is 28.8 Å². The maximum atomic E-state index is 11.1. The number of nitrogens with one attached hydrogen (secondary N) is 1. The number of nitrogens with zero attached hydrogens (tertiary/aromatic N) is 6. The minimum Gasteiger partial charge on any atom is -0.527 e. The van der Waals surface area contributed by atoms with Gasteiger partial charge in [-0.3, -0.25) is 15.0 Å². The van der Waals surface area contributed by atoms with Crippen molar-refractivity contribution in [3.05, 3.63) is 18.1 Å². The minimum absolute atomic E-state index is 0. The number of amides is 2. The molecule has 1 N–H and O–H groups in total. The summed E-state index contributed by atoms with van der Waals surface area (Å²) in [4.78, 5) is 50.7. The van der Waals surface area contributed by atoms with Crippen LogP contribution in [0.15, 0.2) is 20.3 Å². The number of carbonyl (C=O) groups excluding carboxylic acids is 2. The second-order valence-electron chi connectivity index (χ2n) is 5.88. The van der Waals surface area contributed by atoms with Crippen molar-refractivity contribution in [3.63, 3.8) is 0 Å². The summed E-state index contributed by atoms with van der Waals surface area (Å²) in [7, 11) is 1.46. The Balaban J connectivity index is -0.000000188. The molecular formula is C17H27N7O5Re2Rf2-2. The van der Waals surface area contributed by atoms with Gasteiger partial charge in [0.15, 0.2) is 0 Å². The number of carbonyl (C=O) groups is 2. The van der Waals surface area contributed by atoms with Crippen LogP contribution in [0.2, 0.25) is 0 Å². The summed E-state index contributed by atoms with van der Waals surface area (Å²) in [6, 6.07) is 0. The van der Waals surface area contributed by atoms with E-state index in [1.54, 1.807) is 11.8 Å². The van der Waals surface area contributed by atoms with Gasteiger partial charge in [0, 0.05) is 67.6 Å². The number of hydrogen-bond acceptors (Lipinski definition) is 10.